The molecule has 0 amide bonds. The number of allylic oxidation sites excluding steroid dienone is 4. The summed E-state index contributed by atoms with van der Waals surface area (Å²) < 4.78 is 69.0. The SMILES string of the molecule is CC12C=CC(=O)C=C1C(F)CC1C2C(O)CC2(C)C1(C)CC1CN(c3ccc(C(F)(F)F)cc3)OC12C(=O)SCF. The Hall–Kier alpha value is -2.24. The first-order valence-electron chi connectivity index (χ1n) is 13.8. The highest BCUT2D eigenvalue weighted by Gasteiger charge is 2.80. The Morgan fingerprint density at radius 1 is 1.17 bits per heavy atom. The Balaban J connectivity index is 1.42. The van der Waals surface area contributed by atoms with Gasteiger partial charge < -0.3 is 5.11 Å². The molecule has 1 saturated heterocycles. The lowest BCUT2D eigenvalue weighted by molar-refractivity contribution is -0.211. The van der Waals surface area contributed by atoms with Crippen molar-refractivity contribution < 1.29 is 41.5 Å². The zero-order valence-electron chi connectivity index (χ0n) is 22.9. The highest BCUT2D eigenvalue weighted by molar-refractivity contribution is 8.13. The molecule has 6 rings (SSSR count). The Labute approximate surface area is 239 Å². The van der Waals surface area contributed by atoms with Crippen LogP contribution in [0.25, 0.3) is 0 Å². The second-order valence-corrected chi connectivity index (χ2v) is 13.7. The molecule has 0 bridgehead atoms. The molecule has 3 saturated carbocycles. The molecule has 1 heterocycles. The van der Waals surface area contributed by atoms with E-state index in [4.69, 9.17) is 4.84 Å². The van der Waals surface area contributed by atoms with Gasteiger partial charge in [-0.05, 0) is 72.6 Å². The fraction of sp³-hybridized carbons (Fsp3) is 0.600. The molecule has 9 unspecified atom stereocenters. The Morgan fingerprint density at radius 2 is 1.85 bits per heavy atom. The Kier molecular flexibility index (Phi) is 6.43. The third-order valence-corrected chi connectivity index (χ3v) is 11.9. The van der Waals surface area contributed by atoms with E-state index in [1.54, 1.807) is 6.08 Å². The summed E-state index contributed by atoms with van der Waals surface area (Å²) in [7, 11) is 0. The van der Waals surface area contributed by atoms with E-state index in [0.717, 1.165) is 12.1 Å². The first-order chi connectivity index (χ1) is 19.1. The summed E-state index contributed by atoms with van der Waals surface area (Å²) in [6, 6.07) is 3.44. The Bertz CT molecular complexity index is 1350. The normalized spacial score (nSPS) is 43.2. The third-order valence-electron chi connectivity index (χ3n) is 11.2. The number of ketones is 1. The van der Waals surface area contributed by atoms with E-state index in [-0.39, 0.29) is 31.1 Å². The van der Waals surface area contributed by atoms with Crippen molar-refractivity contribution in [3.63, 3.8) is 0 Å². The smallest absolute Gasteiger partial charge is 0.393 e. The van der Waals surface area contributed by atoms with Crippen LogP contribution in [0.3, 0.4) is 0 Å². The molecule has 4 fully saturated rings. The van der Waals surface area contributed by atoms with Crippen molar-refractivity contribution in [1.82, 2.24) is 0 Å². The lowest BCUT2D eigenvalue weighted by Crippen LogP contribution is -2.66. The number of halogens is 5. The fourth-order valence-corrected chi connectivity index (χ4v) is 10.0. The molecular weight excluding hydrogens is 565 g/mol. The van der Waals surface area contributed by atoms with Crippen molar-refractivity contribution in [2.24, 2.45) is 34.0 Å². The van der Waals surface area contributed by atoms with E-state index in [9.17, 15) is 32.3 Å². The molecular formula is C30H32F5NO4S. The van der Waals surface area contributed by atoms with Gasteiger partial charge in [0.25, 0.3) is 0 Å². The molecule has 11 heteroatoms. The third kappa shape index (κ3) is 3.73. The van der Waals surface area contributed by atoms with Crippen molar-refractivity contribution in [2.75, 3.05) is 17.6 Å². The highest BCUT2D eigenvalue weighted by Crippen LogP contribution is 2.76. The van der Waals surface area contributed by atoms with Gasteiger partial charge in [0.05, 0.1) is 23.9 Å². The molecule has 4 aliphatic carbocycles. The minimum absolute atomic E-state index is 0.0617. The van der Waals surface area contributed by atoms with E-state index in [2.05, 4.69) is 0 Å². The number of thioether (sulfide) groups is 1. The lowest BCUT2D eigenvalue weighted by atomic mass is 9.41. The monoisotopic (exact) mass is 597 g/mol. The van der Waals surface area contributed by atoms with E-state index in [1.165, 1.54) is 29.3 Å². The largest absolute Gasteiger partial charge is 0.416 e. The van der Waals surface area contributed by atoms with Gasteiger partial charge in [0, 0.05) is 22.7 Å². The van der Waals surface area contributed by atoms with Gasteiger partial charge in [-0.1, -0.05) is 38.6 Å². The topological polar surface area (TPSA) is 66.8 Å². The number of hydroxylamine groups is 1. The van der Waals surface area contributed by atoms with Gasteiger partial charge >= 0.3 is 6.18 Å². The van der Waals surface area contributed by atoms with Crippen molar-refractivity contribution >= 4 is 28.3 Å². The first kappa shape index (κ1) is 28.9. The quantitative estimate of drug-likeness (QED) is 0.417. The van der Waals surface area contributed by atoms with Gasteiger partial charge in [-0.2, -0.15) is 13.2 Å². The predicted molar refractivity (Wildman–Crippen MR) is 143 cm³/mol. The van der Waals surface area contributed by atoms with Crippen LogP contribution in [0.1, 0.15) is 45.6 Å². The molecule has 1 aromatic carbocycles. The second-order valence-electron chi connectivity index (χ2n) is 12.8. The predicted octanol–water partition coefficient (Wildman–Crippen LogP) is 6.23. The highest BCUT2D eigenvalue weighted by atomic mass is 32.2. The minimum atomic E-state index is -4.51. The van der Waals surface area contributed by atoms with Crippen LogP contribution < -0.4 is 5.06 Å². The molecule has 41 heavy (non-hydrogen) atoms. The van der Waals surface area contributed by atoms with Gasteiger partial charge in [0.2, 0.25) is 5.12 Å². The van der Waals surface area contributed by atoms with Crippen molar-refractivity contribution in [2.45, 2.75) is 64.1 Å². The van der Waals surface area contributed by atoms with E-state index in [1.807, 2.05) is 20.8 Å². The van der Waals surface area contributed by atoms with Crippen LogP contribution in [0.15, 0.2) is 48.1 Å². The number of alkyl halides is 5. The number of anilines is 1. The summed E-state index contributed by atoms with van der Waals surface area (Å²) in [6.45, 7) is 5.86. The van der Waals surface area contributed by atoms with Crippen LogP contribution in [-0.2, 0) is 20.6 Å². The number of hydrogen-bond donors (Lipinski definition) is 1. The molecule has 0 spiro atoms. The number of aliphatic hydroxyl groups is 1. The molecule has 222 valence electrons. The van der Waals surface area contributed by atoms with Crippen molar-refractivity contribution in [3.8, 4) is 0 Å². The lowest BCUT2D eigenvalue weighted by Gasteiger charge is -2.64. The first-order valence-corrected chi connectivity index (χ1v) is 14.8. The average Bonchev–Trinajstić information content (AvgIpc) is 3.36. The maximum atomic E-state index is 15.9. The standard InChI is InChI=1S/C30H32F5NO4S/c1-26-9-8-19(37)10-20(26)22(32)11-21-24(26)23(38)13-28(3)27(21,2)12-17-14-36(40-29(17,28)25(39)41-15-31)18-6-4-16(5-7-18)30(33,34)35/h4-10,17,21-24,38H,11-15H2,1-3H3. The summed E-state index contributed by atoms with van der Waals surface area (Å²) in [6.07, 6.45) is -1.88. The van der Waals surface area contributed by atoms with E-state index in [0.29, 0.717) is 29.4 Å². The zero-order chi connectivity index (χ0) is 29.8. The van der Waals surface area contributed by atoms with Gasteiger partial charge in [-0.15, -0.1) is 0 Å². The number of aliphatic hydroxyl groups excluding tert-OH is 1. The van der Waals surface area contributed by atoms with Crippen LogP contribution in [-0.4, -0.2) is 46.4 Å². The number of benzene rings is 1. The molecule has 1 aliphatic heterocycles. The van der Waals surface area contributed by atoms with Crippen LogP contribution in [0, 0.1) is 34.0 Å². The van der Waals surface area contributed by atoms with Gasteiger partial charge in [0.1, 0.15) is 12.2 Å². The zero-order valence-corrected chi connectivity index (χ0v) is 23.7. The number of fused-ring (bicyclic) bond motifs is 7. The Morgan fingerprint density at radius 3 is 2.49 bits per heavy atom. The maximum Gasteiger partial charge on any atom is 0.416 e. The number of hydrogen-bond acceptors (Lipinski definition) is 6. The van der Waals surface area contributed by atoms with Gasteiger partial charge in [-0.3, -0.25) is 19.5 Å². The van der Waals surface area contributed by atoms with Gasteiger partial charge in [-0.25, -0.2) is 8.78 Å². The van der Waals surface area contributed by atoms with Crippen LogP contribution in [0.2, 0.25) is 0 Å². The van der Waals surface area contributed by atoms with Crippen LogP contribution in [0.5, 0.6) is 0 Å². The summed E-state index contributed by atoms with van der Waals surface area (Å²) in [5.41, 5.74) is -4.39. The van der Waals surface area contributed by atoms with Crippen LogP contribution >= 0.6 is 11.8 Å². The maximum absolute atomic E-state index is 15.9. The molecule has 1 N–H and O–H groups in total. The average molecular weight is 598 g/mol. The minimum Gasteiger partial charge on any atom is -0.393 e. The summed E-state index contributed by atoms with van der Waals surface area (Å²) in [5.74, 6) is -1.59. The van der Waals surface area contributed by atoms with Crippen molar-refractivity contribution in [3.05, 3.63) is 53.6 Å². The fourth-order valence-electron chi connectivity index (χ4n) is 9.27. The van der Waals surface area contributed by atoms with Crippen LogP contribution in [0.4, 0.5) is 27.6 Å². The molecule has 5 aliphatic rings. The van der Waals surface area contributed by atoms with Crippen molar-refractivity contribution in [1.29, 1.82) is 0 Å². The number of rotatable bonds is 3. The summed E-state index contributed by atoms with van der Waals surface area (Å²) in [4.78, 5) is 32.5. The number of carbonyl (C=O) groups excluding carboxylic acids is 2. The van der Waals surface area contributed by atoms with Gasteiger partial charge in [0.15, 0.2) is 11.4 Å². The van der Waals surface area contributed by atoms with E-state index >= 15 is 4.39 Å². The number of nitrogens with zero attached hydrogens (tertiary/aromatic N) is 1. The molecule has 1 aromatic rings. The number of carbonyl (C=O) groups is 2. The second kappa shape index (κ2) is 9.13. The molecule has 0 aromatic heterocycles. The summed E-state index contributed by atoms with van der Waals surface area (Å²) in [5, 5.41) is 12.6. The summed E-state index contributed by atoms with van der Waals surface area (Å²) >= 11 is 0.481. The molecule has 5 nitrogen and oxygen atoms in total. The molecule has 9 atom stereocenters. The molecule has 0 radical (unpaired) electrons. The van der Waals surface area contributed by atoms with E-state index < -0.39 is 68.8 Å².